The minimum absolute atomic E-state index is 0.0828. The molecule has 1 aliphatic rings. The van der Waals surface area contributed by atoms with Crippen LogP contribution in [-0.2, 0) is 21.2 Å². The molecule has 2 N–H and O–H groups in total. The molecule has 1 heterocycles. The Morgan fingerprint density at radius 1 is 0.846 bits per heavy atom. The van der Waals surface area contributed by atoms with Crippen molar-refractivity contribution in [2.24, 2.45) is 0 Å². The van der Waals surface area contributed by atoms with Crippen LogP contribution in [-0.4, -0.2) is 62.2 Å². The van der Waals surface area contributed by atoms with E-state index in [4.69, 9.17) is 0 Å². The van der Waals surface area contributed by atoms with Crippen LogP contribution in [0.15, 0.2) is 78.9 Å². The molecule has 0 atom stereocenters. The van der Waals surface area contributed by atoms with Gasteiger partial charge in [-0.2, -0.15) is 8.78 Å². The maximum Gasteiger partial charge on any atom is 0.324 e. The number of alkyl halides is 2. The zero-order chi connectivity index (χ0) is 28.0. The van der Waals surface area contributed by atoms with E-state index in [1.807, 2.05) is 54.0 Å². The molecule has 0 aromatic heterocycles. The third-order valence-electron chi connectivity index (χ3n) is 6.17. The monoisotopic (exact) mass is 556 g/mol. The first-order chi connectivity index (χ1) is 18.6. The summed E-state index contributed by atoms with van der Waals surface area (Å²) in [5.41, 5.74) is 6.78. The molecule has 9 nitrogen and oxygen atoms in total. The summed E-state index contributed by atoms with van der Waals surface area (Å²) < 4.78 is 48.5. The average Bonchev–Trinajstić information content (AvgIpc) is 2.95. The molecule has 204 valence electrons. The van der Waals surface area contributed by atoms with Crippen molar-refractivity contribution in [3.8, 4) is 11.1 Å². The molecular formula is C27H26F2N4O5S. The largest absolute Gasteiger partial charge is 0.324 e. The van der Waals surface area contributed by atoms with E-state index >= 15 is 0 Å². The van der Waals surface area contributed by atoms with Gasteiger partial charge in [-0.05, 0) is 41.0 Å². The summed E-state index contributed by atoms with van der Waals surface area (Å²) in [4.78, 5) is 39.8. The molecule has 39 heavy (non-hydrogen) atoms. The number of halogens is 2. The fourth-order valence-corrected chi connectivity index (χ4v) is 5.22. The topological polar surface area (TPSA) is 116 Å². The zero-order valence-corrected chi connectivity index (χ0v) is 21.5. The van der Waals surface area contributed by atoms with Crippen LogP contribution >= 0.6 is 0 Å². The van der Waals surface area contributed by atoms with E-state index in [2.05, 4.69) is 0 Å². The van der Waals surface area contributed by atoms with E-state index in [0.29, 0.717) is 11.3 Å². The summed E-state index contributed by atoms with van der Waals surface area (Å²) in [6.45, 7) is 0.281. The Kier molecular flexibility index (Phi) is 8.55. The van der Waals surface area contributed by atoms with Crippen molar-refractivity contribution >= 4 is 33.4 Å². The number of anilines is 1. The molecule has 4 rings (SSSR count). The second-order valence-electron chi connectivity index (χ2n) is 8.86. The Morgan fingerprint density at radius 3 is 2.13 bits per heavy atom. The van der Waals surface area contributed by atoms with E-state index in [1.54, 1.807) is 28.5 Å². The van der Waals surface area contributed by atoms with Crippen molar-refractivity contribution in [2.75, 3.05) is 29.5 Å². The number of nitrogens with zero attached hydrogens (tertiary/aromatic N) is 2. The van der Waals surface area contributed by atoms with Gasteiger partial charge in [-0.15, -0.1) is 0 Å². The molecule has 0 aliphatic carbocycles. The summed E-state index contributed by atoms with van der Waals surface area (Å²) in [5.74, 6) is -2.63. The van der Waals surface area contributed by atoms with Gasteiger partial charge in [0.05, 0.1) is 18.1 Å². The molecule has 12 heteroatoms. The highest BCUT2D eigenvalue weighted by atomic mass is 32.2. The first kappa shape index (κ1) is 27.7. The van der Waals surface area contributed by atoms with Gasteiger partial charge in [0, 0.05) is 24.3 Å². The van der Waals surface area contributed by atoms with Crippen molar-refractivity contribution in [1.29, 1.82) is 0 Å². The number of carbonyl (C=O) groups is 3. The number of hydrogen-bond donors (Lipinski definition) is 2. The third-order valence-corrected chi connectivity index (χ3v) is 7.77. The Balaban J connectivity index is 1.57. The van der Waals surface area contributed by atoms with Crippen molar-refractivity contribution in [3.05, 3.63) is 90.0 Å². The second-order valence-corrected chi connectivity index (χ2v) is 11.2. The molecule has 1 fully saturated rings. The van der Waals surface area contributed by atoms with Crippen LogP contribution in [0.1, 0.15) is 15.9 Å². The molecule has 3 aromatic carbocycles. The van der Waals surface area contributed by atoms with Gasteiger partial charge in [-0.25, -0.2) is 13.2 Å². The number of hydrogen-bond acceptors (Lipinski definition) is 5. The molecular weight excluding hydrogens is 530 g/mol. The zero-order valence-electron chi connectivity index (χ0n) is 20.7. The molecule has 0 spiro atoms. The van der Waals surface area contributed by atoms with E-state index < -0.39 is 28.1 Å². The lowest BCUT2D eigenvalue weighted by atomic mass is 10.0. The predicted octanol–water partition coefficient (Wildman–Crippen LogP) is 3.24. The molecule has 0 radical (unpaired) electrons. The molecule has 0 unspecified atom stereocenters. The number of rotatable bonds is 6. The van der Waals surface area contributed by atoms with E-state index in [0.717, 1.165) is 11.1 Å². The van der Waals surface area contributed by atoms with Crippen LogP contribution in [0, 0.1) is 0 Å². The van der Waals surface area contributed by atoms with Gasteiger partial charge >= 0.3 is 18.4 Å². The fraction of sp³-hybridized carbons (Fsp3) is 0.222. The molecule has 4 amide bonds. The Bertz CT molecular complexity index is 1440. The van der Waals surface area contributed by atoms with Gasteiger partial charge in [0.25, 0.3) is 5.91 Å². The van der Waals surface area contributed by atoms with Crippen LogP contribution in [0.25, 0.3) is 11.1 Å². The summed E-state index contributed by atoms with van der Waals surface area (Å²) in [6.07, 6.45) is -3.27. The van der Waals surface area contributed by atoms with Gasteiger partial charge in [-0.3, -0.25) is 25.3 Å². The average molecular weight is 557 g/mol. The highest BCUT2D eigenvalue weighted by molar-refractivity contribution is 7.91. The smallest absolute Gasteiger partial charge is 0.322 e. The van der Waals surface area contributed by atoms with Crippen LogP contribution in [0.3, 0.4) is 0 Å². The fourth-order valence-electron chi connectivity index (χ4n) is 4.02. The first-order valence-electron chi connectivity index (χ1n) is 12.0. The molecule has 0 saturated carbocycles. The maximum atomic E-state index is 13.6. The number of urea groups is 1. The molecule has 1 saturated heterocycles. The number of benzene rings is 3. The standard InChI is InChI=1S/C27H26F2N4O5S/c28-24(29)26(35)31-30-25(34)21-11-9-19(10-12-21)18-33(27(36)32-13-15-39(37,38)16-14-32)23-8-4-7-22(17-23)20-5-2-1-3-6-20/h1-12,17,24H,13-16,18H2,(H,30,34)(H,31,35). The summed E-state index contributed by atoms with van der Waals surface area (Å²) in [6, 6.07) is 22.8. The maximum absolute atomic E-state index is 13.6. The van der Waals surface area contributed by atoms with E-state index in [1.165, 1.54) is 17.0 Å². The van der Waals surface area contributed by atoms with Crippen molar-refractivity contribution in [3.63, 3.8) is 0 Å². The lowest BCUT2D eigenvalue weighted by molar-refractivity contribution is -0.132. The Hall–Kier alpha value is -4.32. The highest BCUT2D eigenvalue weighted by Crippen LogP contribution is 2.27. The lowest BCUT2D eigenvalue weighted by Gasteiger charge is -2.33. The number of hydrazine groups is 1. The number of carbonyl (C=O) groups excluding carboxylic acids is 3. The lowest BCUT2D eigenvalue weighted by Crippen LogP contribution is -2.49. The quantitative estimate of drug-likeness (QED) is 0.453. The Morgan fingerprint density at radius 2 is 1.49 bits per heavy atom. The first-order valence-corrected chi connectivity index (χ1v) is 13.8. The molecule has 0 bridgehead atoms. The van der Waals surface area contributed by atoms with Crippen LogP contribution in [0.2, 0.25) is 0 Å². The van der Waals surface area contributed by atoms with Gasteiger partial charge in [0.15, 0.2) is 9.84 Å². The number of sulfone groups is 1. The molecule has 3 aromatic rings. The second kappa shape index (κ2) is 12.0. The number of nitrogens with one attached hydrogen (secondary N) is 2. The summed E-state index contributed by atoms with van der Waals surface area (Å²) >= 11 is 0. The summed E-state index contributed by atoms with van der Waals surface area (Å²) in [5, 5.41) is 0. The van der Waals surface area contributed by atoms with Crippen LogP contribution in [0.5, 0.6) is 0 Å². The van der Waals surface area contributed by atoms with E-state index in [9.17, 15) is 31.6 Å². The Labute approximate surface area is 224 Å². The number of amides is 4. The van der Waals surface area contributed by atoms with E-state index in [-0.39, 0.29) is 42.7 Å². The van der Waals surface area contributed by atoms with Crippen LogP contribution < -0.4 is 15.8 Å². The van der Waals surface area contributed by atoms with Crippen molar-refractivity contribution < 1.29 is 31.6 Å². The van der Waals surface area contributed by atoms with Gasteiger partial charge in [0.1, 0.15) is 0 Å². The van der Waals surface area contributed by atoms with Crippen LogP contribution in [0.4, 0.5) is 19.3 Å². The minimum atomic E-state index is -3.27. The molecule has 1 aliphatic heterocycles. The van der Waals surface area contributed by atoms with Gasteiger partial charge in [-0.1, -0.05) is 54.6 Å². The van der Waals surface area contributed by atoms with Crippen molar-refractivity contribution in [2.45, 2.75) is 13.0 Å². The SMILES string of the molecule is O=C(NNC(=O)C(F)F)c1ccc(CN(C(=O)N2CCS(=O)(=O)CC2)c2cccc(-c3ccccc3)c2)cc1. The predicted molar refractivity (Wildman–Crippen MR) is 142 cm³/mol. The highest BCUT2D eigenvalue weighted by Gasteiger charge is 2.29. The summed E-state index contributed by atoms with van der Waals surface area (Å²) in [7, 11) is -3.19. The van der Waals surface area contributed by atoms with Crippen molar-refractivity contribution in [1.82, 2.24) is 15.8 Å². The normalized spacial score (nSPS) is 14.5. The minimum Gasteiger partial charge on any atom is -0.322 e. The van der Waals surface area contributed by atoms with Gasteiger partial charge < -0.3 is 4.90 Å². The van der Waals surface area contributed by atoms with Gasteiger partial charge in [0.2, 0.25) is 0 Å². The third kappa shape index (κ3) is 7.17.